The first kappa shape index (κ1) is 15.5. The van der Waals surface area contributed by atoms with Crippen LogP contribution in [0.4, 0.5) is 0 Å². The van der Waals surface area contributed by atoms with Gasteiger partial charge in [-0.25, -0.2) is 9.59 Å². The van der Waals surface area contributed by atoms with Crippen LogP contribution in [0.15, 0.2) is 35.5 Å². The maximum atomic E-state index is 11.8. The van der Waals surface area contributed by atoms with Crippen LogP contribution in [0.25, 0.3) is 0 Å². The largest absolute Gasteiger partial charge is 0.465 e. The van der Waals surface area contributed by atoms with Gasteiger partial charge < -0.3 is 14.6 Å². The second kappa shape index (κ2) is 6.71. The van der Waals surface area contributed by atoms with Crippen LogP contribution in [0.3, 0.4) is 0 Å². The number of methoxy groups -OCH3 is 1. The van der Waals surface area contributed by atoms with E-state index in [9.17, 15) is 9.59 Å². The van der Waals surface area contributed by atoms with Gasteiger partial charge in [-0.1, -0.05) is 23.4 Å². The fraction of sp³-hybridized carbons (Fsp3) is 0.188. The van der Waals surface area contributed by atoms with E-state index >= 15 is 0 Å². The Morgan fingerprint density at radius 2 is 1.77 bits per heavy atom. The normalized spacial score (nSPS) is 10.7. The third-order valence-corrected chi connectivity index (χ3v) is 3.14. The zero-order chi connectivity index (χ0) is 16.1. The van der Waals surface area contributed by atoms with Crippen LogP contribution in [0.5, 0.6) is 0 Å². The van der Waals surface area contributed by atoms with Crippen LogP contribution in [-0.2, 0) is 9.57 Å². The first-order valence-electron chi connectivity index (χ1n) is 6.61. The molecular formula is C16H16N2O4. The molecule has 22 heavy (non-hydrogen) atoms. The summed E-state index contributed by atoms with van der Waals surface area (Å²) in [6.07, 6.45) is 1.33. The molecule has 0 spiro atoms. The average Bonchev–Trinajstić information content (AvgIpc) is 2.81. The number of H-pyrrole nitrogens is 1. The minimum absolute atomic E-state index is 0.375. The molecule has 6 nitrogen and oxygen atoms in total. The highest BCUT2D eigenvalue weighted by Gasteiger charge is 2.18. The first-order valence-corrected chi connectivity index (χ1v) is 6.61. The molecule has 0 amide bonds. The summed E-state index contributed by atoms with van der Waals surface area (Å²) in [5.41, 5.74) is 2.71. The summed E-state index contributed by atoms with van der Waals surface area (Å²) >= 11 is 0. The van der Waals surface area contributed by atoms with Gasteiger partial charge in [0.05, 0.1) is 24.5 Å². The lowest BCUT2D eigenvalue weighted by Crippen LogP contribution is -2.06. The summed E-state index contributed by atoms with van der Waals surface area (Å²) < 4.78 is 4.74. The molecule has 114 valence electrons. The summed E-state index contributed by atoms with van der Waals surface area (Å²) in [6, 6.07) is 8.52. The molecule has 0 unspecified atom stereocenters. The molecule has 0 aliphatic carbocycles. The average molecular weight is 300 g/mol. The van der Waals surface area contributed by atoms with E-state index in [1.807, 2.05) is 0 Å². The number of hydrogen-bond acceptors (Lipinski definition) is 5. The molecule has 1 N–H and O–H groups in total. The highest BCUT2D eigenvalue weighted by molar-refractivity contribution is 6.01. The van der Waals surface area contributed by atoms with Crippen molar-refractivity contribution in [1.82, 2.24) is 4.98 Å². The van der Waals surface area contributed by atoms with E-state index in [0.717, 1.165) is 5.69 Å². The van der Waals surface area contributed by atoms with Gasteiger partial charge in [-0.3, -0.25) is 0 Å². The molecule has 6 heteroatoms. The van der Waals surface area contributed by atoms with Gasteiger partial charge in [0, 0.05) is 17.0 Å². The molecule has 2 rings (SSSR count). The second-order valence-electron chi connectivity index (χ2n) is 4.63. The molecule has 0 atom stereocenters. The molecule has 0 aliphatic rings. The highest BCUT2D eigenvalue weighted by Crippen LogP contribution is 2.17. The molecular weight excluding hydrogens is 284 g/mol. The van der Waals surface area contributed by atoms with Crippen molar-refractivity contribution in [2.75, 3.05) is 7.11 Å². The number of carbonyl (C=O) groups excluding carboxylic acids is 2. The smallest absolute Gasteiger partial charge is 0.365 e. The number of esters is 1. The molecule has 0 radical (unpaired) electrons. The van der Waals surface area contributed by atoms with E-state index in [1.165, 1.54) is 13.3 Å². The van der Waals surface area contributed by atoms with Crippen molar-refractivity contribution in [3.63, 3.8) is 0 Å². The third-order valence-electron chi connectivity index (χ3n) is 3.14. The van der Waals surface area contributed by atoms with Crippen molar-refractivity contribution in [2.24, 2.45) is 5.16 Å². The van der Waals surface area contributed by atoms with Gasteiger partial charge in [0.1, 0.15) is 0 Å². The number of nitrogens with zero attached hydrogens (tertiary/aromatic N) is 1. The van der Waals surface area contributed by atoms with E-state index < -0.39 is 11.9 Å². The predicted octanol–water partition coefficient (Wildman–Crippen LogP) is 2.61. The van der Waals surface area contributed by atoms with Crippen molar-refractivity contribution in [3.8, 4) is 0 Å². The van der Waals surface area contributed by atoms with Gasteiger partial charge in [0.2, 0.25) is 0 Å². The fourth-order valence-corrected chi connectivity index (χ4v) is 2.08. The number of ether oxygens (including phenoxy) is 1. The minimum atomic E-state index is -0.568. The van der Waals surface area contributed by atoms with Gasteiger partial charge in [0.15, 0.2) is 0 Å². The van der Waals surface area contributed by atoms with Gasteiger partial charge >= 0.3 is 11.9 Å². The number of benzene rings is 1. The molecule has 1 heterocycles. The van der Waals surface area contributed by atoms with Crippen molar-refractivity contribution in [1.29, 1.82) is 0 Å². The van der Waals surface area contributed by atoms with Gasteiger partial charge in [0.25, 0.3) is 0 Å². The Balaban J connectivity index is 2.17. The third kappa shape index (κ3) is 3.22. The molecule has 0 saturated heterocycles. The Kier molecular flexibility index (Phi) is 4.73. The summed E-state index contributed by atoms with van der Waals surface area (Å²) in [7, 11) is 1.31. The van der Waals surface area contributed by atoms with E-state index in [4.69, 9.17) is 9.57 Å². The topological polar surface area (TPSA) is 80.8 Å². The van der Waals surface area contributed by atoms with Crippen LogP contribution in [0.1, 0.15) is 37.7 Å². The number of hydrogen-bond donors (Lipinski definition) is 1. The van der Waals surface area contributed by atoms with E-state index in [-0.39, 0.29) is 0 Å². The first-order chi connectivity index (χ1) is 10.5. The minimum Gasteiger partial charge on any atom is -0.465 e. The molecule has 1 aromatic carbocycles. The van der Waals surface area contributed by atoms with Crippen molar-refractivity contribution < 1.29 is 19.2 Å². The standard InChI is InChI=1S/C16H16N2O4/c1-10-13(14(11(2)18-10)16(20)21-3)9-17-22-15(19)12-7-5-4-6-8-12/h4-9,18H,1-3H3/b17-9+. The van der Waals surface area contributed by atoms with E-state index in [0.29, 0.717) is 22.4 Å². The number of oxime groups is 1. The van der Waals surface area contributed by atoms with Crippen LogP contribution >= 0.6 is 0 Å². The quantitative estimate of drug-likeness (QED) is 0.407. The number of aryl methyl sites for hydroxylation is 2. The van der Waals surface area contributed by atoms with Crippen LogP contribution in [0.2, 0.25) is 0 Å². The second-order valence-corrected chi connectivity index (χ2v) is 4.63. The molecule has 0 saturated carbocycles. The summed E-state index contributed by atoms with van der Waals surface area (Å²) in [4.78, 5) is 31.4. The summed E-state index contributed by atoms with van der Waals surface area (Å²) in [6.45, 7) is 3.55. The van der Waals surface area contributed by atoms with Crippen molar-refractivity contribution in [3.05, 3.63) is 58.4 Å². The van der Waals surface area contributed by atoms with Crippen molar-refractivity contribution in [2.45, 2.75) is 13.8 Å². The van der Waals surface area contributed by atoms with Gasteiger partial charge in [-0.15, -0.1) is 0 Å². The Bertz CT molecular complexity index is 717. The monoisotopic (exact) mass is 300 g/mol. The fourth-order valence-electron chi connectivity index (χ4n) is 2.08. The lowest BCUT2D eigenvalue weighted by Gasteiger charge is -2.00. The van der Waals surface area contributed by atoms with E-state index in [1.54, 1.807) is 44.2 Å². The molecule has 0 aliphatic heterocycles. The Morgan fingerprint density at radius 1 is 1.09 bits per heavy atom. The molecule has 1 aromatic heterocycles. The van der Waals surface area contributed by atoms with Crippen LogP contribution < -0.4 is 0 Å². The number of rotatable bonds is 4. The van der Waals surface area contributed by atoms with Crippen molar-refractivity contribution >= 4 is 18.2 Å². The lowest BCUT2D eigenvalue weighted by molar-refractivity contribution is 0.0519. The lowest BCUT2D eigenvalue weighted by atomic mass is 10.1. The predicted molar refractivity (Wildman–Crippen MR) is 81.1 cm³/mol. The molecule has 2 aromatic rings. The Hall–Kier alpha value is -2.89. The SMILES string of the molecule is COC(=O)c1c(C)[nH]c(C)c1/C=N/OC(=O)c1ccccc1. The molecule has 0 fully saturated rings. The number of nitrogens with one attached hydrogen (secondary N) is 1. The van der Waals surface area contributed by atoms with Crippen LogP contribution in [-0.4, -0.2) is 30.2 Å². The highest BCUT2D eigenvalue weighted by atomic mass is 16.7. The maximum absolute atomic E-state index is 11.8. The van der Waals surface area contributed by atoms with Gasteiger partial charge in [-0.05, 0) is 26.0 Å². The molecule has 0 bridgehead atoms. The van der Waals surface area contributed by atoms with E-state index in [2.05, 4.69) is 10.1 Å². The number of carbonyl (C=O) groups is 2. The van der Waals surface area contributed by atoms with Gasteiger partial charge in [-0.2, -0.15) is 0 Å². The maximum Gasteiger partial charge on any atom is 0.365 e. The Morgan fingerprint density at radius 3 is 2.41 bits per heavy atom. The summed E-state index contributed by atoms with van der Waals surface area (Å²) in [5.74, 6) is -1.04. The zero-order valence-corrected chi connectivity index (χ0v) is 12.5. The zero-order valence-electron chi connectivity index (χ0n) is 12.5. The number of aromatic nitrogens is 1. The number of aromatic amines is 1. The Labute approximate surface area is 127 Å². The van der Waals surface area contributed by atoms with Crippen LogP contribution in [0, 0.1) is 13.8 Å². The summed E-state index contributed by atoms with van der Waals surface area (Å²) in [5, 5.41) is 3.67.